The number of hydrogen-bond acceptors (Lipinski definition) is 4. The molecule has 0 aliphatic rings. The van der Waals surface area contributed by atoms with E-state index in [0.29, 0.717) is 22.2 Å². The molecule has 0 aliphatic heterocycles. The molecule has 88 valence electrons. The number of pyridine rings is 1. The molecule has 2 aromatic heterocycles. The van der Waals surface area contributed by atoms with Gasteiger partial charge >= 0.3 is 5.97 Å². The zero-order valence-corrected chi connectivity index (χ0v) is 10.1. The van der Waals surface area contributed by atoms with Crippen molar-refractivity contribution in [3.8, 4) is 11.5 Å². The molecule has 2 rings (SSSR count). The summed E-state index contributed by atoms with van der Waals surface area (Å²) in [6.07, 6.45) is 1.61. The summed E-state index contributed by atoms with van der Waals surface area (Å²) < 4.78 is 4.62. The van der Waals surface area contributed by atoms with Crippen molar-refractivity contribution in [2.24, 2.45) is 0 Å². The summed E-state index contributed by atoms with van der Waals surface area (Å²) in [4.78, 5) is 22.6. The van der Waals surface area contributed by atoms with Gasteiger partial charge in [0, 0.05) is 11.9 Å². The van der Waals surface area contributed by atoms with Crippen molar-refractivity contribution >= 4 is 17.6 Å². The summed E-state index contributed by atoms with van der Waals surface area (Å²) in [7, 11) is 1.31. The molecule has 0 unspecified atom stereocenters. The average Bonchev–Trinajstić information content (AvgIpc) is 2.71. The molecular weight excluding hydrogens is 242 g/mol. The lowest BCUT2D eigenvalue weighted by Crippen LogP contribution is -2.03. The average molecular weight is 252 g/mol. The van der Waals surface area contributed by atoms with E-state index < -0.39 is 5.97 Å². The zero-order valence-electron chi connectivity index (χ0n) is 9.32. The fraction of sp³-hybridized carbons (Fsp3) is 0.182. The van der Waals surface area contributed by atoms with Crippen LogP contribution < -0.4 is 0 Å². The number of carbonyl (C=O) groups is 1. The molecule has 0 radical (unpaired) electrons. The van der Waals surface area contributed by atoms with Gasteiger partial charge < -0.3 is 9.72 Å². The van der Waals surface area contributed by atoms with Gasteiger partial charge in [-0.1, -0.05) is 11.6 Å². The third kappa shape index (κ3) is 2.14. The van der Waals surface area contributed by atoms with Gasteiger partial charge in [-0.15, -0.1) is 0 Å². The Bertz CT molecular complexity index is 566. The SMILES string of the molecule is COC(=O)c1nc(-c2ncccc2Cl)[nH]c1C. The molecule has 5 nitrogen and oxygen atoms in total. The number of imidazole rings is 1. The third-order valence-corrected chi connectivity index (χ3v) is 2.55. The van der Waals surface area contributed by atoms with Crippen molar-refractivity contribution < 1.29 is 9.53 Å². The molecule has 0 bridgehead atoms. The third-order valence-electron chi connectivity index (χ3n) is 2.25. The molecule has 2 heterocycles. The lowest BCUT2D eigenvalue weighted by atomic mass is 10.3. The molecule has 0 aliphatic carbocycles. The number of aromatic amines is 1. The van der Waals surface area contributed by atoms with Gasteiger partial charge in [0.05, 0.1) is 12.1 Å². The number of hydrogen-bond donors (Lipinski definition) is 1. The smallest absolute Gasteiger partial charge is 0.358 e. The quantitative estimate of drug-likeness (QED) is 0.831. The van der Waals surface area contributed by atoms with Crippen LogP contribution in [-0.2, 0) is 4.74 Å². The van der Waals surface area contributed by atoms with Crippen LogP contribution in [0.15, 0.2) is 18.3 Å². The van der Waals surface area contributed by atoms with E-state index in [0.717, 1.165) is 0 Å². The second-order valence-electron chi connectivity index (χ2n) is 3.38. The van der Waals surface area contributed by atoms with Crippen molar-refractivity contribution in [2.45, 2.75) is 6.92 Å². The van der Waals surface area contributed by atoms with Gasteiger partial charge in [-0.05, 0) is 19.1 Å². The van der Waals surface area contributed by atoms with Crippen LogP contribution in [0.3, 0.4) is 0 Å². The lowest BCUT2D eigenvalue weighted by Gasteiger charge is -1.97. The van der Waals surface area contributed by atoms with Gasteiger partial charge in [-0.2, -0.15) is 0 Å². The number of rotatable bonds is 2. The maximum absolute atomic E-state index is 11.4. The van der Waals surface area contributed by atoms with Gasteiger partial charge in [0.15, 0.2) is 11.5 Å². The number of aromatic nitrogens is 3. The van der Waals surface area contributed by atoms with E-state index in [1.54, 1.807) is 25.3 Å². The number of H-pyrrole nitrogens is 1. The molecule has 0 fully saturated rings. The summed E-state index contributed by atoms with van der Waals surface area (Å²) in [6, 6.07) is 3.43. The van der Waals surface area contributed by atoms with Crippen LogP contribution in [0, 0.1) is 6.92 Å². The minimum absolute atomic E-state index is 0.240. The number of aryl methyl sites for hydroxylation is 1. The second-order valence-corrected chi connectivity index (χ2v) is 3.79. The molecule has 1 N–H and O–H groups in total. The van der Waals surface area contributed by atoms with Gasteiger partial charge in [0.2, 0.25) is 0 Å². The van der Waals surface area contributed by atoms with Crippen molar-refractivity contribution in [3.63, 3.8) is 0 Å². The van der Waals surface area contributed by atoms with Crippen molar-refractivity contribution in [3.05, 3.63) is 34.7 Å². The number of nitrogens with one attached hydrogen (secondary N) is 1. The van der Waals surface area contributed by atoms with E-state index in [9.17, 15) is 4.79 Å². The van der Waals surface area contributed by atoms with Crippen LogP contribution >= 0.6 is 11.6 Å². The van der Waals surface area contributed by atoms with Crippen LogP contribution in [0.25, 0.3) is 11.5 Å². The van der Waals surface area contributed by atoms with E-state index in [2.05, 4.69) is 19.7 Å². The highest BCUT2D eigenvalue weighted by Gasteiger charge is 2.17. The van der Waals surface area contributed by atoms with Crippen LogP contribution in [0.5, 0.6) is 0 Å². The lowest BCUT2D eigenvalue weighted by molar-refractivity contribution is 0.0594. The molecule has 0 aromatic carbocycles. The molecule has 17 heavy (non-hydrogen) atoms. The first-order chi connectivity index (χ1) is 8.13. The Labute approximate surface area is 103 Å². The van der Waals surface area contributed by atoms with Crippen molar-refractivity contribution in [1.82, 2.24) is 15.0 Å². The number of carbonyl (C=O) groups excluding carboxylic acids is 1. The van der Waals surface area contributed by atoms with Crippen LogP contribution in [0.2, 0.25) is 5.02 Å². The number of nitrogens with zero attached hydrogens (tertiary/aromatic N) is 2. The summed E-state index contributed by atoms with van der Waals surface area (Å²) >= 11 is 6.00. The largest absolute Gasteiger partial charge is 0.464 e. The molecule has 2 aromatic rings. The van der Waals surface area contributed by atoms with Gasteiger partial charge in [-0.3, -0.25) is 4.98 Å². The van der Waals surface area contributed by atoms with Crippen LogP contribution in [0.4, 0.5) is 0 Å². The predicted octanol–water partition coefficient (Wildman–Crippen LogP) is 2.22. The molecule has 0 saturated heterocycles. The fourth-order valence-electron chi connectivity index (χ4n) is 1.43. The first-order valence-electron chi connectivity index (χ1n) is 4.89. The number of methoxy groups -OCH3 is 1. The van der Waals surface area contributed by atoms with Gasteiger partial charge in [-0.25, -0.2) is 9.78 Å². The number of esters is 1. The maximum atomic E-state index is 11.4. The van der Waals surface area contributed by atoms with Crippen LogP contribution in [0.1, 0.15) is 16.2 Å². The van der Waals surface area contributed by atoms with Crippen molar-refractivity contribution in [2.75, 3.05) is 7.11 Å². The standard InChI is InChI=1S/C11H10ClN3O2/c1-6-8(11(16)17-2)15-10(14-6)9-7(12)4-3-5-13-9/h3-5H,1-2H3,(H,14,15). The van der Waals surface area contributed by atoms with Gasteiger partial charge in [0.25, 0.3) is 0 Å². The number of ether oxygens (including phenoxy) is 1. The Morgan fingerprint density at radius 1 is 1.53 bits per heavy atom. The molecule has 6 heteroatoms. The van der Waals surface area contributed by atoms with Gasteiger partial charge in [0.1, 0.15) is 5.69 Å². The summed E-state index contributed by atoms with van der Waals surface area (Å²) in [5.41, 5.74) is 1.37. The Morgan fingerprint density at radius 2 is 2.29 bits per heavy atom. The minimum atomic E-state index is -0.489. The monoisotopic (exact) mass is 251 g/mol. The topological polar surface area (TPSA) is 67.9 Å². The second kappa shape index (κ2) is 4.55. The van der Waals surface area contributed by atoms with E-state index in [4.69, 9.17) is 11.6 Å². The molecule has 0 spiro atoms. The highest BCUT2D eigenvalue weighted by molar-refractivity contribution is 6.32. The van der Waals surface area contributed by atoms with Crippen LogP contribution in [-0.4, -0.2) is 28.0 Å². The van der Waals surface area contributed by atoms with Crippen molar-refractivity contribution in [1.29, 1.82) is 0 Å². The predicted molar refractivity (Wildman–Crippen MR) is 62.9 cm³/mol. The highest BCUT2D eigenvalue weighted by Crippen LogP contribution is 2.23. The Hall–Kier alpha value is -1.88. The van der Waals surface area contributed by atoms with E-state index in [-0.39, 0.29) is 5.69 Å². The first kappa shape index (κ1) is 11.6. The molecule has 0 atom stereocenters. The summed E-state index contributed by atoms with van der Waals surface area (Å²) in [5, 5.41) is 0.470. The molecular formula is C11H10ClN3O2. The minimum Gasteiger partial charge on any atom is -0.464 e. The normalized spacial score (nSPS) is 10.3. The number of halogens is 1. The highest BCUT2D eigenvalue weighted by atomic mass is 35.5. The van der Waals surface area contributed by atoms with E-state index in [1.165, 1.54) is 7.11 Å². The Kier molecular flexibility index (Phi) is 3.10. The Balaban J connectivity index is 2.49. The fourth-order valence-corrected chi connectivity index (χ4v) is 1.64. The first-order valence-corrected chi connectivity index (χ1v) is 5.27. The maximum Gasteiger partial charge on any atom is 0.358 e. The Morgan fingerprint density at radius 3 is 2.94 bits per heavy atom. The zero-order chi connectivity index (χ0) is 12.4. The van der Waals surface area contributed by atoms with E-state index in [1.807, 2.05) is 0 Å². The molecule has 0 amide bonds. The summed E-state index contributed by atoms with van der Waals surface area (Å²) in [5.74, 6) is -0.0365. The summed E-state index contributed by atoms with van der Waals surface area (Å²) in [6.45, 7) is 1.74. The molecule has 0 saturated carbocycles. The van der Waals surface area contributed by atoms with E-state index >= 15 is 0 Å².